The van der Waals surface area contributed by atoms with E-state index < -0.39 is 0 Å². The molecule has 0 saturated heterocycles. The zero-order valence-corrected chi connectivity index (χ0v) is 39.1. The van der Waals surface area contributed by atoms with Gasteiger partial charge in [-0.1, -0.05) is 109 Å². The predicted molar refractivity (Wildman–Crippen MR) is 273 cm³/mol. The number of hydrogen-bond acceptors (Lipinski definition) is 11. The van der Waals surface area contributed by atoms with Crippen molar-refractivity contribution in [1.29, 1.82) is 0 Å². The third-order valence-corrected chi connectivity index (χ3v) is 9.50. The Kier molecular flexibility index (Phi) is 20.9. The molecule has 17 heteroatoms. The quantitative estimate of drug-likeness (QED) is 0.0289. The number of rotatable bonds is 4. The summed E-state index contributed by atoms with van der Waals surface area (Å²) in [5.74, 6) is 0.328. The molecule has 342 valence electrons. The minimum Gasteiger partial charge on any atom is -0.507 e. The van der Waals surface area contributed by atoms with Crippen LogP contribution in [0.5, 0.6) is 11.5 Å². The molecule has 4 heterocycles. The van der Waals surface area contributed by atoms with Crippen LogP contribution in [0.4, 0.5) is 0 Å². The van der Waals surface area contributed by atoms with Gasteiger partial charge in [-0.25, -0.2) is 0 Å². The van der Waals surface area contributed by atoms with Gasteiger partial charge < -0.3 is 26.8 Å². The van der Waals surface area contributed by atoms with Crippen molar-refractivity contribution >= 4 is 112 Å². The number of phenolic OH excluding ortho intramolecular Hbond substituents is 2. The Morgan fingerprint density at radius 1 is 0.478 bits per heavy atom. The number of pyridine rings is 4. The number of aliphatic hydroxyl groups is 1. The summed E-state index contributed by atoms with van der Waals surface area (Å²) in [4.78, 5) is 17.4. The van der Waals surface area contributed by atoms with Crippen molar-refractivity contribution in [3.05, 3.63) is 182 Å². The largest absolute Gasteiger partial charge is 2.00 e. The average Bonchev–Trinajstić information content (AvgIpc) is 3.33. The SMILES string of the molecule is CCO.NC(=S)N/N=C/c1c(O)ccc2ccccc12.NC(=S)N/N=C/c1c(O)ccc2ccccc12.[Cu+2].[Cu+2].c1cnc2c(c1)ccc1cccnc12.c1cnc2c(c1)ccc1cccnc12. The first-order chi connectivity index (χ1) is 31.7. The third kappa shape index (κ3) is 14.4. The van der Waals surface area contributed by atoms with Gasteiger partial charge in [0.05, 0.1) is 34.5 Å². The predicted octanol–water partition coefficient (Wildman–Crippen LogP) is 8.98. The molecule has 0 aliphatic carbocycles. The maximum atomic E-state index is 9.79. The monoisotopic (exact) mass is 1020 g/mol. The van der Waals surface area contributed by atoms with Gasteiger partial charge in [-0.15, -0.1) is 0 Å². The number of nitrogens with two attached hydrogens (primary N) is 2. The first kappa shape index (κ1) is 52.4. The van der Waals surface area contributed by atoms with Gasteiger partial charge in [-0.3, -0.25) is 30.8 Å². The molecular formula is C50H44Cu2N10O3S2+4. The second-order valence-electron chi connectivity index (χ2n) is 13.7. The molecule has 0 fully saturated rings. The smallest absolute Gasteiger partial charge is 0.507 e. The molecule has 4 aromatic heterocycles. The van der Waals surface area contributed by atoms with Gasteiger partial charge in [0.2, 0.25) is 0 Å². The topological polar surface area (TPSA) is 213 Å². The fourth-order valence-electron chi connectivity index (χ4n) is 6.52. The Bertz CT molecular complexity index is 2980. The number of nitrogens with zero attached hydrogens (tertiary/aromatic N) is 6. The van der Waals surface area contributed by atoms with E-state index in [1.807, 2.05) is 84.9 Å². The number of aromatic hydroxyl groups is 2. The summed E-state index contributed by atoms with van der Waals surface area (Å²) in [6.07, 6.45) is 10.2. The summed E-state index contributed by atoms with van der Waals surface area (Å²) < 4.78 is 0. The second-order valence-corrected chi connectivity index (χ2v) is 14.5. The minimum atomic E-state index is 0. The van der Waals surface area contributed by atoms with Crippen molar-refractivity contribution in [1.82, 2.24) is 30.8 Å². The standard InChI is InChI=1S/2C12H11N3OS.2C12H8N2.C2H6O.2Cu/c2*13-12(17)15-14-7-10-9-4-2-1-3-8(9)5-6-11(10)16;2*1-3-9-5-6-10-4-2-8-14-12(10)11(9)13-7-1;1-2-3;;/h2*1-7,16H,(H3,13,15,17);2*1-8H;3H,2H2,1H3;;/q;;;;;2*+2/b2*14-7+;;;;;. The number of hydrogen-bond donors (Lipinski definition) is 7. The van der Waals surface area contributed by atoms with E-state index in [-0.39, 0.29) is 62.5 Å². The first-order valence-corrected chi connectivity index (χ1v) is 20.9. The Labute approximate surface area is 418 Å². The van der Waals surface area contributed by atoms with Crippen molar-refractivity contribution < 1.29 is 49.5 Å². The van der Waals surface area contributed by atoms with Crippen LogP contribution in [-0.2, 0) is 34.1 Å². The van der Waals surface area contributed by atoms with Crippen LogP contribution in [0.1, 0.15) is 18.1 Å². The molecule has 67 heavy (non-hydrogen) atoms. The zero-order chi connectivity index (χ0) is 46.0. The number of phenols is 2. The van der Waals surface area contributed by atoms with Crippen molar-refractivity contribution in [2.45, 2.75) is 6.92 Å². The van der Waals surface area contributed by atoms with E-state index in [1.165, 1.54) is 12.4 Å². The van der Waals surface area contributed by atoms with E-state index in [0.29, 0.717) is 11.1 Å². The number of thiocarbonyl (C=S) groups is 2. The number of aromatic nitrogens is 4. The fourth-order valence-corrected chi connectivity index (χ4v) is 6.63. The van der Waals surface area contributed by atoms with Gasteiger partial charge in [-0.05, 0) is 89.3 Å². The Hall–Kier alpha value is -7.20. The van der Waals surface area contributed by atoms with Crippen LogP contribution in [-0.4, -0.2) is 64.5 Å². The van der Waals surface area contributed by atoms with E-state index in [4.69, 9.17) is 16.6 Å². The van der Waals surface area contributed by atoms with Gasteiger partial charge in [0.25, 0.3) is 0 Å². The molecule has 9 N–H and O–H groups in total. The molecule has 10 rings (SSSR count). The molecule has 13 nitrogen and oxygen atoms in total. The summed E-state index contributed by atoms with van der Waals surface area (Å²) in [6.45, 7) is 1.93. The molecule has 0 unspecified atom stereocenters. The van der Waals surface area contributed by atoms with Gasteiger partial charge >= 0.3 is 34.1 Å². The molecule has 6 aromatic carbocycles. The summed E-state index contributed by atoms with van der Waals surface area (Å²) in [5, 5.41) is 43.5. The van der Waals surface area contributed by atoms with Crippen LogP contribution in [0.2, 0.25) is 0 Å². The van der Waals surface area contributed by atoms with Gasteiger partial charge in [0, 0.05) is 64.1 Å². The summed E-state index contributed by atoms with van der Waals surface area (Å²) in [6, 6.07) is 46.7. The maximum absolute atomic E-state index is 9.79. The Morgan fingerprint density at radius 3 is 1.04 bits per heavy atom. The van der Waals surface area contributed by atoms with Gasteiger partial charge in [0.15, 0.2) is 10.2 Å². The molecule has 2 radical (unpaired) electrons. The third-order valence-electron chi connectivity index (χ3n) is 9.32. The number of fused-ring (bicyclic) bond motifs is 8. The molecule has 0 atom stereocenters. The molecule has 0 aliphatic heterocycles. The van der Waals surface area contributed by atoms with Crippen LogP contribution in [0.15, 0.2) is 181 Å². The summed E-state index contributed by atoms with van der Waals surface area (Å²) >= 11 is 9.26. The molecule has 0 bridgehead atoms. The van der Waals surface area contributed by atoms with Crippen molar-refractivity contribution in [2.24, 2.45) is 21.7 Å². The second kappa shape index (κ2) is 26.7. The van der Waals surface area contributed by atoms with Gasteiger partial charge in [-0.2, -0.15) is 10.2 Å². The van der Waals surface area contributed by atoms with Crippen molar-refractivity contribution in [3.63, 3.8) is 0 Å². The van der Waals surface area contributed by atoms with E-state index in [0.717, 1.165) is 65.2 Å². The van der Waals surface area contributed by atoms with Gasteiger partial charge in [0.1, 0.15) is 11.5 Å². The molecule has 0 spiro atoms. The molecule has 10 aromatic rings. The van der Waals surface area contributed by atoms with Crippen LogP contribution >= 0.6 is 24.4 Å². The zero-order valence-electron chi connectivity index (χ0n) is 35.6. The average molecular weight is 1020 g/mol. The molecule has 0 aliphatic rings. The minimum absolute atomic E-state index is 0. The van der Waals surface area contributed by atoms with Crippen LogP contribution < -0.4 is 22.3 Å². The number of hydrazone groups is 2. The number of aliphatic hydroxyl groups excluding tert-OH is 1. The number of nitrogens with one attached hydrogen (secondary N) is 2. The summed E-state index contributed by atoms with van der Waals surface area (Å²) in [7, 11) is 0. The van der Waals surface area contributed by atoms with Crippen molar-refractivity contribution in [2.75, 3.05) is 6.61 Å². The number of benzene rings is 6. The van der Waals surface area contributed by atoms with Crippen molar-refractivity contribution in [3.8, 4) is 11.5 Å². The first-order valence-electron chi connectivity index (χ1n) is 20.0. The van der Waals surface area contributed by atoms with Crippen LogP contribution in [0, 0.1) is 0 Å². The molecule has 0 saturated carbocycles. The normalized spacial score (nSPS) is 10.3. The molecule has 0 amide bonds. The van der Waals surface area contributed by atoms with E-state index in [9.17, 15) is 10.2 Å². The Balaban J connectivity index is 0.000000190. The van der Waals surface area contributed by atoms with E-state index in [1.54, 1.807) is 43.8 Å². The van der Waals surface area contributed by atoms with Crippen LogP contribution in [0.25, 0.3) is 65.2 Å². The maximum Gasteiger partial charge on any atom is 2.00 e. The Morgan fingerprint density at radius 2 is 0.746 bits per heavy atom. The summed E-state index contributed by atoms with van der Waals surface area (Å²) in [5.41, 5.74) is 20.6. The van der Waals surface area contributed by atoms with Crippen LogP contribution in [0.3, 0.4) is 0 Å². The van der Waals surface area contributed by atoms with E-state index in [2.05, 4.69) is 114 Å². The molecular weight excluding hydrogens is 980 g/mol. The van der Waals surface area contributed by atoms with E-state index >= 15 is 0 Å². The fraction of sp³-hybridized carbons (Fsp3) is 0.0400.